The number of carbonyl (C=O) groups excluding carboxylic acids is 2. The van der Waals surface area contributed by atoms with E-state index in [2.05, 4.69) is 29.5 Å². The van der Waals surface area contributed by atoms with Gasteiger partial charge in [-0.2, -0.15) is 0 Å². The molecule has 2 heterocycles. The van der Waals surface area contributed by atoms with Gasteiger partial charge in [0.2, 0.25) is 0 Å². The molecule has 0 radical (unpaired) electrons. The van der Waals surface area contributed by atoms with Gasteiger partial charge in [0, 0.05) is 36.9 Å². The molecule has 6 nitrogen and oxygen atoms in total. The maximum atomic E-state index is 12.7. The predicted molar refractivity (Wildman–Crippen MR) is 103 cm³/mol. The molecule has 6 heteroatoms. The highest BCUT2D eigenvalue weighted by Gasteiger charge is 2.25. The van der Waals surface area contributed by atoms with Crippen LogP contribution in [0.3, 0.4) is 0 Å². The monoisotopic (exact) mass is 352 g/mol. The maximum absolute atomic E-state index is 12.7. The molecule has 136 valence electrons. The lowest BCUT2D eigenvalue weighted by Gasteiger charge is -2.17. The number of aromatic nitrogens is 1. The van der Waals surface area contributed by atoms with Crippen LogP contribution in [0, 0.1) is 5.92 Å². The molecule has 1 aromatic carbocycles. The van der Waals surface area contributed by atoms with Crippen LogP contribution in [-0.4, -0.2) is 30.0 Å². The number of nitrogens with one attached hydrogen (secondary N) is 2. The number of anilines is 2. The second-order valence-corrected chi connectivity index (χ2v) is 6.86. The summed E-state index contributed by atoms with van der Waals surface area (Å²) in [6.07, 6.45) is 4.95. The van der Waals surface area contributed by atoms with E-state index < -0.39 is 0 Å². The zero-order valence-corrected chi connectivity index (χ0v) is 15.2. The van der Waals surface area contributed by atoms with E-state index in [1.54, 1.807) is 29.4 Å². The minimum atomic E-state index is -0.202. The summed E-state index contributed by atoms with van der Waals surface area (Å²) in [5.74, 6) is 0.502. The Bertz CT molecular complexity index is 790. The Morgan fingerprint density at radius 2 is 2.12 bits per heavy atom. The zero-order chi connectivity index (χ0) is 18.5. The molecule has 1 aliphatic rings. The normalized spacial score (nSPS) is 12.8. The summed E-state index contributed by atoms with van der Waals surface area (Å²) in [5.41, 5.74) is 3.26. The van der Waals surface area contributed by atoms with Gasteiger partial charge in [0.1, 0.15) is 0 Å². The van der Waals surface area contributed by atoms with E-state index in [9.17, 15) is 9.59 Å². The van der Waals surface area contributed by atoms with Crippen molar-refractivity contribution in [3.8, 4) is 0 Å². The summed E-state index contributed by atoms with van der Waals surface area (Å²) in [5, 5.41) is 5.71. The van der Waals surface area contributed by atoms with Gasteiger partial charge in [-0.25, -0.2) is 4.79 Å². The first kappa shape index (κ1) is 17.9. The first-order chi connectivity index (χ1) is 12.5. The molecular weight excluding hydrogens is 328 g/mol. The summed E-state index contributed by atoms with van der Waals surface area (Å²) in [4.78, 5) is 30.4. The van der Waals surface area contributed by atoms with Crippen molar-refractivity contribution in [1.82, 2.24) is 10.3 Å². The molecule has 0 unspecified atom stereocenters. The Hall–Kier alpha value is -2.89. The molecule has 2 N–H and O–H groups in total. The van der Waals surface area contributed by atoms with Crippen LogP contribution < -0.4 is 15.5 Å². The number of pyridine rings is 1. The number of benzene rings is 1. The van der Waals surface area contributed by atoms with Crippen molar-refractivity contribution < 1.29 is 9.59 Å². The third kappa shape index (κ3) is 4.20. The largest absolute Gasteiger partial charge is 0.338 e. The van der Waals surface area contributed by atoms with E-state index >= 15 is 0 Å². The summed E-state index contributed by atoms with van der Waals surface area (Å²) in [6.45, 7) is 5.53. The number of rotatable bonds is 5. The van der Waals surface area contributed by atoms with Gasteiger partial charge in [0.25, 0.3) is 5.91 Å². The number of nitrogens with zero attached hydrogens (tertiary/aromatic N) is 2. The molecule has 1 aliphatic heterocycles. The fraction of sp³-hybridized carbons (Fsp3) is 0.350. The Labute approximate surface area is 153 Å². The van der Waals surface area contributed by atoms with Crippen molar-refractivity contribution >= 4 is 23.3 Å². The third-order valence-electron chi connectivity index (χ3n) is 4.39. The summed E-state index contributed by atoms with van der Waals surface area (Å²) in [7, 11) is 0. The maximum Gasteiger partial charge on any atom is 0.319 e. The van der Waals surface area contributed by atoms with Gasteiger partial charge >= 0.3 is 6.03 Å². The molecule has 0 atom stereocenters. The lowest BCUT2D eigenvalue weighted by Crippen LogP contribution is -2.30. The number of hydrogen-bond donors (Lipinski definition) is 2. The molecule has 1 aromatic heterocycles. The molecule has 26 heavy (non-hydrogen) atoms. The molecule has 3 rings (SSSR count). The van der Waals surface area contributed by atoms with Gasteiger partial charge in [-0.3, -0.25) is 9.78 Å². The van der Waals surface area contributed by atoms with Crippen LogP contribution >= 0.6 is 0 Å². The molecule has 0 spiro atoms. The topological polar surface area (TPSA) is 74.3 Å². The minimum Gasteiger partial charge on any atom is -0.338 e. The van der Waals surface area contributed by atoms with E-state index in [1.807, 2.05) is 18.2 Å². The van der Waals surface area contributed by atoms with Crippen LogP contribution in [0.15, 0.2) is 42.7 Å². The molecule has 0 aliphatic carbocycles. The van der Waals surface area contributed by atoms with E-state index in [0.29, 0.717) is 24.6 Å². The van der Waals surface area contributed by atoms with E-state index in [4.69, 9.17) is 0 Å². The predicted octanol–water partition coefficient (Wildman–Crippen LogP) is 3.45. The average Bonchev–Trinajstić information content (AvgIpc) is 3.04. The van der Waals surface area contributed by atoms with Crippen LogP contribution in [-0.2, 0) is 6.42 Å². The summed E-state index contributed by atoms with van der Waals surface area (Å²) < 4.78 is 0. The smallest absolute Gasteiger partial charge is 0.319 e. The van der Waals surface area contributed by atoms with Crippen LogP contribution in [0.2, 0.25) is 0 Å². The second kappa shape index (κ2) is 7.99. The first-order valence-electron chi connectivity index (χ1n) is 8.94. The number of amides is 3. The van der Waals surface area contributed by atoms with Gasteiger partial charge in [-0.1, -0.05) is 13.8 Å². The molecule has 3 amide bonds. The fourth-order valence-corrected chi connectivity index (χ4v) is 2.99. The molecule has 0 fully saturated rings. The van der Waals surface area contributed by atoms with Crippen LogP contribution in [0.25, 0.3) is 0 Å². The molecule has 0 saturated carbocycles. The van der Waals surface area contributed by atoms with Crippen LogP contribution in [0.5, 0.6) is 0 Å². The molecular formula is C20H24N4O2. The van der Waals surface area contributed by atoms with Gasteiger partial charge < -0.3 is 15.5 Å². The SMILES string of the molecule is CC(C)CCNC(=O)Nc1ccc2c(c1)CCN2C(=O)c1cccnc1. The van der Waals surface area contributed by atoms with Gasteiger partial charge in [-0.15, -0.1) is 0 Å². The highest BCUT2D eigenvalue weighted by atomic mass is 16.2. The van der Waals surface area contributed by atoms with Crippen molar-refractivity contribution in [3.05, 3.63) is 53.9 Å². The van der Waals surface area contributed by atoms with Crippen LogP contribution in [0.1, 0.15) is 36.2 Å². The average molecular weight is 352 g/mol. The van der Waals surface area contributed by atoms with Crippen LogP contribution in [0.4, 0.5) is 16.2 Å². The fourth-order valence-electron chi connectivity index (χ4n) is 2.99. The molecule has 2 aromatic rings. The van der Waals surface area contributed by atoms with Gasteiger partial charge in [0.15, 0.2) is 0 Å². The van der Waals surface area contributed by atoms with Crippen molar-refractivity contribution in [2.75, 3.05) is 23.3 Å². The van der Waals surface area contributed by atoms with E-state index in [-0.39, 0.29) is 11.9 Å². The van der Waals surface area contributed by atoms with Gasteiger partial charge in [-0.05, 0) is 54.7 Å². The van der Waals surface area contributed by atoms with Crippen molar-refractivity contribution in [2.24, 2.45) is 5.92 Å². The number of carbonyl (C=O) groups is 2. The summed E-state index contributed by atoms with van der Waals surface area (Å²) in [6, 6.07) is 8.98. The lowest BCUT2D eigenvalue weighted by atomic mass is 10.1. The van der Waals surface area contributed by atoms with Gasteiger partial charge in [0.05, 0.1) is 5.56 Å². The van der Waals surface area contributed by atoms with Crippen molar-refractivity contribution in [2.45, 2.75) is 26.7 Å². The first-order valence-corrected chi connectivity index (χ1v) is 8.94. The second-order valence-electron chi connectivity index (χ2n) is 6.86. The lowest BCUT2D eigenvalue weighted by molar-refractivity contribution is 0.0989. The van der Waals surface area contributed by atoms with Crippen molar-refractivity contribution in [3.63, 3.8) is 0 Å². The number of fused-ring (bicyclic) bond motifs is 1. The highest BCUT2D eigenvalue weighted by molar-refractivity contribution is 6.07. The standard InChI is InChI=1S/C20H24N4O2/c1-14(2)7-10-22-20(26)23-17-5-6-18-15(12-17)8-11-24(18)19(25)16-4-3-9-21-13-16/h3-6,9,12-14H,7-8,10-11H2,1-2H3,(H2,22,23,26). The third-order valence-corrected chi connectivity index (χ3v) is 4.39. The highest BCUT2D eigenvalue weighted by Crippen LogP contribution is 2.31. The van der Waals surface area contributed by atoms with E-state index in [1.165, 1.54) is 0 Å². The molecule has 0 bridgehead atoms. The van der Waals surface area contributed by atoms with Crippen molar-refractivity contribution in [1.29, 1.82) is 0 Å². The Morgan fingerprint density at radius 3 is 2.85 bits per heavy atom. The Morgan fingerprint density at radius 1 is 1.27 bits per heavy atom. The number of urea groups is 1. The Balaban J connectivity index is 1.65. The molecule has 0 saturated heterocycles. The number of hydrogen-bond acceptors (Lipinski definition) is 3. The summed E-state index contributed by atoms with van der Waals surface area (Å²) >= 11 is 0. The van der Waals surface area contributed by atoms with E-state index in [0.717, 1.165) is 29.8 Å². The minimum absolute atomic E-state index is 0.0519. The quantitative estimate of drug-likeness (QED) is 0.865. The zero-order valence-electron chi connectivity index (χ0n) is 15.2. The Kier molecular flexibility index (Phi) is 5.51.